The average Bonchev–Trinajstić information content (AvgIpc) is 3.30. The van der Waals surface area contributed by atoms with Crippen molar-refractivity contribution in [3.8, 4) is 0 Å². The molecule has 0 radical (unpaired) electrons. The summed E-state index contributed by atoms with van der Waals surface area (Å²) in [6.07, 6.45) is -5.53. The third kappa shape index (κ3) is 7.31. The second-order valence-electron chi connectivity index (χ2n) is 8.02. The fraction of sp³-hybridized carbons (Fsp3) is 0.789. The molecule has 0 aromatic carbocycles. The summed E-state index contributed by atoms with van der Waals surface area (Å²) >= 11 is 0. The van der Waals surface area contributed by atoms with Crippen LogP contribution < -0.4 is 21.3 Å². The molecule has 0 unspecified atom stereocenters. The molecule has 14 heteroatoms. The lowest BCUT2D eigenvalue weighted by Crippen LogP contribution is -2.66. The Balaban J connectivity index is 2.19. The number of carbonyl (C=O) groups is 4. The van der Waals surface area contributed by atoms with Crippen LogP contribution in [0.3, 0.4) is 0 Å². The minimum absolute atomic E-state index is 0.481. The summed E-state index contributed by atoms with van der Waals surface area (Å²) in [6, 6.07) is -3.13. The van der Waals surface area contributed by atoms with Gasteiger partial charge in [0, 0.05) is 6.92 Å². The predicted octanol–water partition coefficient (Wildman–Crippen LogP) is -4.23. The van der Waals surface area contributed by atoms with E-state index in [0.717, 1.165) is 6.42 Å². The van der Waals surface area contributed by atoms with E-state index in [0.29, 0.717) is 13.0 Å². The first-order valence-corrected chi connectivity index (χ1v) is 10.6. The summed E-state index contributed by atoms with van der Waals surface area (Å²) in [5, 5.41) is 48.9. The number of carbonyl (C=O) groups excluding carboxylic acids is 3. The van der Waals surface area contributed by atoms with Crippen LogP contribution in [0.1, 0.15) is 26.7 Å². The molecule has 0 aromatic rings. The van der Waals surface area contributed by atoms with Gasteiger partial charge in [-0.25, -0.2) is 0 Å². The summed E-state index contributed by atoms with van der Waals surface area (Å²) in [5.41, 5.74) is 0. The van der Waals surface area contributed by atoms with Crippen molar-refractivity contribution >= 4 is 23.7 Å². The number of aliphatic carboxylic acids is 1. The van der Waals surface area contributed by atoms with E-state index in [1.54, 1.807) is 0 Å². The van der Waals surface area contributed by atoms with Crippen molar-refractivity contribution in [1.82, 2.24) is 21.3 Å². The van der Waals surface area contributed by atoms with Crippen molar-refractivity contribution < 1.29 is 49.1 Å². The Morgan fingerprint density at radius 3 is 2.45 bits per heavy atom. The van der Waals surface area contributed by atoms with Crippen LogP contribution in [0.4, 0.5) is 0 Å². The molecule has 2 rings (SSSR count). The molecule has 2 aliphatic heterocycles. The lowest BCUT2D eigenvalue weighted by molar-refractivity contribution is -0.281. The van der Waals surface area contributed by atoms with E-state index in [1.165, 1.54) is 13.8 Å². The molecule has 2 saturated heterocycles. The first-order valence-electron chi connectivity index (χ1n) is 10.6. The van der Waals surface area contributed by atoms with Gasteiger partial charge in [-0.05, 0) is 26.3 Å². The molecule has 8 N–H and O–H groups in total. The van der Waals surface area contributed by atoms with E-state index >= 15 is 0 Å². The Morgan fingerprint density at radius 1 is 1.21 bits per heavy atom. The summed E-state index contributed by atoms with van der Waals surface area (Å²) in [5.74, 6) is -3.16. The average molecular weight is 476 g/mol. The van der Waals surface area contributed by atoms with Crippen LogP contribution in [0, 0.1) is 0 Å². The number of amides is 3. The fourth-order valence-corrected chi connectivity index (χ4v) is 3.71. The summed E-state index contributed by atoms with van der Waals surface area (Å²) < 4.78 is 11.2. The maximum atomic E-state index is 12.6. The van der Waals surface area contributed by atoms with Gasteiger partial charge in [0.2, 0.25) is 17.7 Å². The van der Waals surface area contributed by atoms with Crippen LogP contribution in [-0.2, 0) is 28.7 Å². The molecule has 0 saturated carbocycles. The van der Waals surface area contributed by atoms with E-state index in [-0.39, 0.29) is 0 Å². The van der Waals surface area contributed by atoms with Crippen LogP contribution in [0.2, 0.25) is 0 Å². The Labute approximate surface area is 190 Å². The quantitative estimate of drug-likeness (QED) is 0.151. The third-order valence-electron chi connectivity index (χ3n) is 5.44. The highest BCUT2D eigenvalue weighted by molar-refractivity contribution is 5.91. The predicted molar refractivity (Wildman–Crippen MR) is 110 cm³/mol. The number of carboxylic acids is 1. The number of hydrogen-bond acceptors (Lipinski definition) is 10. The fourth-order valence-electron chi connectivity index (χ4n) is 3.71. The first-order chi connectivity index (χ1) is 15.5. The molecule has 0 bridgehead atoms. The summed E-state index contributed by atoms with van der Waals surface area (Å²) in [6.45, 7) is 1.87. The Morgan fingerprint density at radius 2 is 1.91 bits per heavy atom. The molecule has 0 aromatic heterocycles. The number of aliphatic hydroxyl groups is 3. The summed E-state index contributed by atoms with van der Waals surface area (Å²) in [4.78, 5) is 47.7. The lowest BCUT2D eigenvalue weighted by Gasteiger charge is -2.43. The first kappa shape index (κ1) is 26.9. The number of hydrogen-bond donors (Lipinski definition) is 8. The molecule has 0 spiro atoms. The molecule has 8 atom stereocenters. The zero-order valence-corrected chi connectivity index (χ0v) is 18.4. The standard InChI is InChI=1S/C19H32N4O10/c1-8(32-19-14(22-9(2)25)16(29)15(28)11(7-24)33-19)13(18(31)21-6-12(26)27)23-17(30)10-4-3-5-20-10/h8,10-11,13-16,19-20,24,28-29H,3-7H2,1-2H3,(H,21,31)(H,22,25)(H,23,30)(H,26,27)/t8-,10+,11-,13+,14-,15+,16-,19+/m1/s1. The summed E-state index contributed by atoms with van der Waals surface area (Å²) in [7, 11) is 0. The second kappa shape index (κ2) is 12.2. The van der Waals surface area contributed by atoms with Crippen molar-refractivity contribution in [2.75, 3.05) is 19.7 Å². The SMILES string of the molecule is CC(=O)N[C@H]1[C@@H](O[C@H](C)[C@H](NC(=O)[C@@H]2CCCN2)C(=O)NCC(=O)O)O[C@H](CO)[C@H](O)[C@@H]1O. The molecule has 2 heterocycles. The van der Waals surface area contributed by atoms with E-state index in [4.69, 9.17) is 14.6 Å². The van der Waals surface area contributed by atoms with Crippen LogP contribution in [0.15, 0.2) is 0 Å². The molecular formula is C19H32N4O10. The van der Waals surface area contributed by atoms with Crippen molar-refractivity contribution in [3.05, 3.63) is 0 Å². The number of carboxylic acid groups (broad SMARTS) is 1. The third-order valence-corrected chi connectivity index (χ3v) is 5.44. The minimum Gasteiger partial charge on any atom is -0.480 e. The molecule has 14 nitrogen and oxygen atoms in total. The van der Waals surface area contributed by atoms with Crippen LogP contribution in [0.25, 0.3) is 0 Å². The number of aliphatic hydroxyl groups excluding tert-OH is 3. The van der Waals surface area contributed by atoms with Gasteiger partial charge in [-0.1, -0.05) is 0 Å². The number of rotatable bonds is 10. The Hall–Kier alpha value is -2.36. The smallest absolute Gasteiger partial charge is 0.322 e. The molecular weight excluding hydrogens is 444 g/mol. The van der Waals surface area contributed by atoms with E-state index in [9.17, 15) is 34.5 Å². The van der Waals surface area contributed by atoms with Crippen LogP contribution in [0.5, 0.6) is 0 Å². The molecule has 0 aliphatic carbocycles. The molecule has 33 heavy (non-hydrogen) atoms. The highest BCUT2D eigenvalue weighted by Crippen LogP contribution is 2.24. The van der Waals surface area contributed by atoms with Crippen LogP contribution in [-0.4, -0.2) is 113 Å². The topological polar surface area (TPSA) is 216 Å². The van der Waals surface area contributed by atoms with Crippen molar-refractivity contribution in [1.29, 1.82) is 0 Å². The largest absolute Gasteiger partial charge is 0.480 e. The van der Waals surface area contributed by atoms with Gasteiger partial charge in [-0.2, -0.15) is 0 Å². The zero-order valence-electron chi connectivity index (χ0n) is 18.4. The second-order valence-corrected chi connectivity index (χ2v) is 8.02. The van der Waals surface area contributed by atoms with Gasteiger partial charge in [0.05, 0.1) is 18.8 Å². The Bertz CT molecular complexity index is 717. The maximum Gasteiger partial charge on any atom is 0.322 e. The molecule has 3 amide bonds. The molecule has 188 valence electrons. The van der Waals surface area contributed by atoms with Gasteiger partial charge in [-0.3, -0.25) is 19.2 Å². The normalized spacial score (nSPS) is 31.3. The monoisotopic (exact) mass is 476 g/mol. The van der Waals surface area contributed by atoms with Crippen LogP contribution >= 0.6 is 0 Å². The molecule has 2 fully saturated rings. The van der Waals surface area contributed by atoms with Gasteiger partial charge >= 0.3 is 5.97 Å². The number of nitrogens with one attached hydrogen (secondary N) is 4. The molecule has 2 aliphatic rings. The van der Waals surface area contributed by atoms with E-state index in [1.807, 2.05) is 0 Å². The van der Waals surface area contributed by atoms with Gasteiger partial charge in [-0.15, -0.1) is 0 Å². The van der Waals surface area contributed by atoms with Gasteiger partial charge in [0.1, 0.15) is 36.9 Å². The maximum absolute atomic E-state index is 12.6. The van der Waals surface area contributed by atoms with Crippen molar-refractivity contribution in [2.24, 2.45) is 0 Å². The van der Waals surface area contributed by atoms with Gasteiger partial charge < -0.3 is 51.2 Å². The highest BCUT2D eigenvalue weighted by atomic mass is 16.7. The van der Waals surface area contributed by atoms with Gasteiger partial charge in [0.15, 0.2) is 6.29 Å². The highest BCUT2D eigenvalue weighted by Gasteiger charge is 2.46. The zero-order chi connectivity index (χ0) is 24.7. The van der Waals surface area contributed by atoms with E-state index in [2.05, 4.69) is 21.3 Å². The van der Waals surface area contributed by atoms with Crippen molar-refractivity contribution in [2.45, 2.75) is 75.5 Å². The Kier molecular flexibility index (Phi) is 9.94. The lowest BCUT2D eigenvalue weighted by atomic mass is 9.96. The van der Waals surface area contributed by atoms with E-state index < -0.39 is 85.7 Å². The number of ether oxygens (including phenoxy) is 2. The van der Waals surface area contributed by atoms with Crippen molar-refractivity contribution in [3.63, 3.8) is 0 Å². The van der Waals surface area contributed by atoms with Gasteiger partial charge in [0.25, 0.3) is 0 Å². The minimum atomic E-state index is -1.56.